The van der Waals surface area contributed by atoms with Gasteiger partial charge in [0.05, 0.1) is 5.69 Å². The van der Waals surface area contributed by atoms with Crippen molar-refractivity contribution in [2.75, 3.05) is 11.9 Å². The van der Waals surface area contributed by atoms with E-state index in [9.17, 15) is 9.59 Å². The molecular weight excluding hydrogens is 354 g/mol. The van der Waals surface area contributed by atoms with Gasteiger partial charge in [0.25, 0.3) is 5.91 Å². The molecule has 2 rings (SSSR count). The van der Waals surface area contributed by atoms with Crippen LogP contribution < -0.4 is 5.32 Å². The van der Waals surface area contributed by atoms with Crippen LogP contribution in [-0.4, -0.2) is 28.6 Å². The fourth-order valence-electron chi connectivity index (χ4n) is 1.56. The van der Waals surface area contributed by atoms with Crippen molar-refractivity contribution >= 4 is 33.7 Å². The van der Waals surface area contributed by atoms with Crippen LogP contribution in [-0.2, 0) is 14.9 Å². The van der Waals surface area contributed by atoms with Crippen molar-refractivity contribution in [1.82, 2.24) is 10.1 Å². The number of aromatic amines is 1. The topological polar surface area (TPSA) is 97.2 Å². The zero-order valence-electron chi connectivity index (χ0n) is 12.4. The van der Waals surface area contributed by atoms with Crippen LogP contribution in [0.25, 0.3) is 0 Å². The first-order valence-corrected chi connectivity index (χ1v) is 7.33. The van der Waals surface area contributed by atoms with Gasteiger partial charge in [-0.1, -0.05) is 25.9 Å². The van der Waals surface area contributed by atoms with Crippen LogP contribution in [0, 0.1) is 0 Å². The number of rotatable bonds is 4. The lowest BCUT2D eigenvalue weighted by molar-refractivity contribution is -0.119. The van der Waals surface area contributed by atoms with E-state index in [-0.39, 0.29) is 17.0 Å². The maximum Gasteiger partial charge on any atom is 0.355 e. The van der Waals surface area contributed by atoms with E-state index in [1.165, 1.54) is 0 Å². The molecule has 0 aliphatic rings. The van der Waals surface area contributed by atoms with Gasteiger partial charge in [-0.3, -0.25) is 10.1 Å². The molecule has 8 heteroatoms. The number of esters is 1. The summed E-state index contributed by atoms with van der Waals surface area (Å²) in [5.74, 6) is -0.905. The van der Waals surface area contributed by atoms with Gasteiger partial charge in [-0.15, -0.1) is 0 Å². The number of ether oxygens (including phenoxy) is 1. The molecule has 0 bridgehead atoms. The molecule has 0 fully saturated rings. The second kappa shape index (κ2) is 6.35. The number of hydrogen-bond acceptors (Lipinski definition) is 5. The summed E-state index contributed by atoms with van der Waals surface area (Å²) >= 11 is 3.21. The molecule has 2 heterocycles. The van der Waals surface area contributed by atoms with Gasteiger partial charge in [0.1, 0.15) is 5.69 Å². The molecule has 2 aromatic rings. The fraction of sp³-hybridized carbons (Fsp3) is 0.357. The SMILES string of the molecule is CC(C)(C)c1cc(NC(=O)COC(=O)c2cc(Br)c[nH]2)on1. The number of amides is 1. The Morgan fingerprint density at radius 2 is 2.14 bits per heavy atom. The number of halogens is 1. The minimum atomic E-state index is -0.617. The summed E-state index contributed by atoms with van der Waals surface area (Å²) in [6, 6.07) is 3.20. The summed E-state index contributed by atoms with van der Waals surface area (Å²) in [7, 11) is 0. The Kier molecular flexibility index (Phi) is 4.70. The lowest BCUT2D eigenvalue weighted by Crippen LogP contribution is -2.20. The van der Waals surface area contributed by atoms with Crippen LogP contribution >= 0.6 is 15.9 Å². The van der Waals surface area contributed by atoms with E-state index in [0.717, 1.165) is 10.2 Å². The first-order chi connectivity index (χ1) is 10.3. The van der Waals surface area contributed by atoms with E-state index in [1.54, 1.807) is 18.3 Å². The zero-order chi connectivity index (χ0) is 16.3. The molecule has 0 radical (unpaired) electrons. The van der Waals surface area contributed by atoms with Crippen LogP contribution in [0.1, 0.15) is 37.0 Å². The number of nitrogens with zero attached hydrogens (tertiary/aromatic N) is 1. The molecule has 0 saturated carbocycles. The van der Waals surface area contributed by atoms with E-state index in [2.05, 4.69) is 31.4 Å². The van der Waals surface area contributed by atoms with E-state index >= 15 is 0 Å². The lowest BCUT2D eigenvalue weighted by atomic mass is 9.92. The summed E-state index contributed by atoms with van der Waals surface area (Å²) in [5.41, 5.74) is 0.797. The Balaban J connectivity index is 1.85. The van der Waals surface area contributed by atoms with Gasteiger partial charge in [0, 0.05) is 22.2 Å². The summed E-state index contributed by atoms with van der Waals surface area (Å²) < 4.78 is 10.6. The molecule has 0 aliphatic carbocycles. The molecule has 0 unspecified atom stereocenters. The molecule has 118 valence electrons. The second-order valence-electron chi connectivity index (χ2n) is 5.68. The second-order valence-corrected chi connectivity index (χ2v) is 6.60. The zero-order valence-corrected chi connectivity index (χ0v) is 14.0. The number of carbonyl (C=O) groups excluding carboxylic acids is 2. The number of carbonyl (C=O) groups is 2. The average molecular weight is 370 g/mol. The number of hydrogen-bond donors (Lipinski definition) is 2. The Hall–Kier alpha value is -2.09. The van der Waals surface area contributed by atoms with Crippen molar-refractivity contribution in [3.05, 3.63) is 34.2 Å². The number of anilines is 1. The van der Waals surface area contributed by atoms with Gasteiger partial charge in [-0.25, -0.2) is 4.79 Å². The molecule has 0 aliphatic heterocycles. The van der Waals surface area contributed by atoms with Gasteiger partial charge in [-0.05, 0) is 22.0 Å². The summed E-state index contributed by atoms with van der Waals surface area (Å²) in [6.07, 6.45) is 1.60. The van der Waals surface area contributed by atoms with E-state index in [1.807, 2.05) is 20.8 Å². The molecule has 2 aromatic heterocycles. The highest BCUT2D eigenvalue weighted by Gasteiger charge is 2.20. The molecule has 1 amide bonds. The summed E-state index contributed by atoms with van der Waals surface area (Å²) in [4.78, 5) is 26.1. The van der Waals surface area contributed by atoms with Gasteiger partial charge in [0.15, 0.2) is 6.61 Å². The van der Waals surface area contributed by atoms with Crippen molar-refractivity contribution < 1.29 is 18.8 Å². The van der Waals surface area contributed by atoms with Crippen LogP contribution in [0.4, 0.5) is 5.88 Å². The van der Waals surface area contributed by atoms with Crippen LogP contribution in [0.5, 0.6) is 0 Å². The Labute approximate surface area is 135 Å². The molecule has 0 saturated heterocycles. The maximum atomic E-state index is 11.7. The highest BCUT2D eigenvalue weighted by atomic mass is 79.9. The summed E-state index contributed by atoms with van der Waals surface area (Å²) in [6.45, 7) is 5.52. The van der Waals surface area contributed by atoms with Crippen molar-refractivity contribution in [3.8, 4) is 0 Å². The first kappa shape index (κ1) is 16.3. The molecular formula is C14H16BrN3O4. The van der Waals surface area contributed by atoms with Crippen LogP contribution in [0.15, 0.2) is 27.3 Å². The standard InChI is InChI=1S/C14H16BrN3O4/c1-14(2,3)10-5-12(22-18-10)17-11(19)7-21-13(20)9-4-8(15)6-16-9/h4-6,16H,7H2,1-3H3,(H,17,19). The molecule has 0 spiro atoms. The predicted octanol–water partition coefficient (Wildman–Crippen LogP) is 2.86. The Bertz CT molecular complexity index is 684. The fourth-order valence-corrected chi connectivity index (χ4v) is 1.90. The van der Waals surface area contributed by atoms with Crippen molar-refractivity contribution in [1.29, 1.82) is 0 Å². The van der Waals surface area contributed by atoms with E-state index < -0.39 is 18.5 Å². The minimum Gasteiger partial charge on any atom is -0.451 e. The largest absolute Gasteiger partial charge is 0.451 e. The quantitative estimate of drug-likeness (QED) is 0.807. The van der Waals surface area contributed by atoms with E-state index in [0.29, 0.717) is 0 Å². The first-order valence-electron chi connectivity index (χ1n) is 6.54. The van der Waals surface area contributed by atoms with Crippen molar-refractivity contribution in [2.45, 2.75) is 26.2 Å². The third-order valence-corrected chi connectivity index (χ3v) is 3.20. The van der Waals surface area contributed by atoms with Gasteiger partial charge in [-0.2, -0.15) is 0 Å². The molecule has 7 nitrogen and oxygen atoms in total. The van der Waals surface area contributed by atoms with Gasteiger partial charge < -0.3 is 14.2 Å². The highest BCUT2D eigenvalue weighted by Crippen LogP contribution is 2.23. The predicted molar refractivity (Wildman–Crippen MR) is 82.6 cm³/mol. The van der Waals surface area contributed by atoms with Crippen LogP contribution in [0.2, 0.25) is 0 Å². The molecule has 0 atom stereocenters. The third-order valence-electron chi connectivity index (χ3n) is 2.74. The normalized spacial score (nSPS) is 11.3. The monoisotopic (exact) mass is 369 g/mol. The average Bonchev–Trinajstić information content (AvgIpc) is 3.04. The van der Waals surface area contributed by atoms with Crippen molar-refractivity contribution in [2.24, 2.45) is 0 Å². The molecule has 0 aromatic carbocycles. The third kappa shape index (κ3) is 4.20. The number of aromatic nitrogens is 2. The van der Waals surface area contributed by atoms with Gasteiger partial charge in [0.2, 0.25) is 5.88 Å². The number of H-pyrrole nitrogens is 1. The van der Waals surface area contributed by atoms with Gasteiger partial charge >= 0.3 is 5.97 Å². The Morgan fingerprint density at radius 1 is 1.41 bits per heavy atom. The maximum absolute atomic E-state index is 11.7. The Morgan fingerprint density at radius 3 is 2.68 bits per heavy atom. The van der Waals surface area contributed by atoms with Crippen LogP contribution in [0.3, 0.4) is 0 Å². The highest BCUT2D eigenvalue weighted by molar-refractivity contribution is 9.10. The molecule has 2 N–H and O–H groups in total. The molecule has 22 heavy (non-hydrogen) atoms. The lowest BCUT2D eigenvalue weighted by Gasteiger charge is -2.12. The van der Waals surface area contributed by atoms with Crippen molar-refractivity contribution in [3.63, 3.8) is 0 Å². The smallest absolute Gasteiger partial charge is 0.355 e. The number of nitrogens with one attached hydrogen (secondary N) is 2. The summed E-state index contributed by atoms with van der Waals surface area (Å²) in [5, 5.41) is 6.36. The van der Waals surface area contributed by atoms with E-state index in [4.69, 9.17) is 9.26 Å². The minimum absolute atomic E-state index is 0.181.